The molecule has 508 valence electrons. The molecule has 8 aromatic carbocycles. The van der Waals surface area contributed by atoms with Crippen molar-refractivity contribution in [2.45, 2.75) is 57.8 Å². The zero-order valence-corrected chi connectivity index (χ0v) is 64.8. The Balaban J connectivity index is 0.000000154. The summed E-state index contributed by atoms with van der Waals surface area (Å²) in [5, 5.41) is 0. The second kappa shape index (κ2) is 37.1. The average Bonchev–Trinajstić information content (AvgIpc) is 1.65. The Hall–Kier alpha value is -9.74. The summed E-state index contributed by atoms with van der Waals surface area (Å²) in [6.45, 7) is 19.2. The molecule has 14 heteroatoms. The van der Waals surface area contributed by atoms with Crippen LogP contribution in [0.5, 0.6) is 0 Å². The SMILES string of the molecule is CC(C)(c1[c-]cccc1)c1ccccn1.CC(C)(c1[c-]cccc1)c1ccccn1.CC(C)(c1[c-]cccc1)c1ccccn1.CN1[CH-]N(c2[c-]cccc2)c2cccnc21.CN1[CH-]N(c2[c-]cccc2)c2ncccc21.[Ir+3].[Ir+3].[Ir+3].[c-]1ccccc1N1[CH-]N(c2ccccc2)c2ccccc21. The summed E-state index contributed by atoms with van der Waals surface area (Å²) < 4.78 is 0. The number of anilines is 10. The maximum absolute atomic E-state index is 4.41. The predicted molar refractivity (Wildman–Crippen MR) is 400 cm³/mol. The van der Waals surface area contributed by atoms with Gasteiger partial charge in [-0.25, -0.2) is 9.97 Å². The summed E-state index contributed by atoms with van der Waals surface area (Å²) in [7, 11) is 4.01. The van der Waals surface area contributed by atoms with Crippen molar-refractivity contribution in [3.63, 3.8) is 0 Å². The number of para-hydroxylation sites is 6. The molecule has 0 amide bonds. The Morgan fingerprint density at radius 1 is 0.267 bits per heavy atom. The third-order valence-electron chi connectivity index (χ3n) is 16.9. The molecule has 0 unspecified atom stereocenters. The third kappa shape index (κ3) is 19.2. The van der Waals surface area contributed by atoms with E-state index in [9.17, 15) is 0 Å². The molecule has 8 heterocycles. The molecule has 3 aliphatic rings. The fourth-order valence-corrected chi connectivity index (χ4v) is 11.3. The van der Waals surface area contributed by atoms with Crippen LogP contribution in [0.1, 0.15) is 75.3 Å². The molecule has 16 rings (SSSR count). The first-order valence-electron chi connectivity index (χ1n) is 32.6. The molecule has 0 radical (unpaired) electrons. The van der Waals surface area contributed by atoms with Gasteiger partial charge >= 0.3 is 60.3 Å². The quantitative estimate of drug-likeness (QED) is 0.123. The van der Waals surface area contributed by atoms with Crippen molar-refractivity contribution in [3.8, 4) is 0 Å². The number of rotatable bonds is 10. The van der Waals surface area contributed by atoms with E-state index in [0.29, 0.717) is 0 Å². The largest absolute Gasteiger partial charge is 3.00 e. The zero-order chi connectivity index (χ0) is 68.2. The Bertz CT molecular complexity index is 4010. The van der Waals surface area contributed by atoms with Crippen molar-refractivity contribution >= 4 is 57.1 Å². The Morgan fingerprint density at radius 2 is 0.594 bits per heavy atom. The summed E-state index contributed by atoms with van der Waals surface area (Å²) in [4.78, 5) is 34.5. The van der Waals surface area contributed by atoms with Crippen LogP contribution in [-0.4, -0.2) is 39.0 Å². The van der Waals surface area contributed by atoms with Crippen LogP contribution in [0.15, 0.2) is 310 Å². The van der Waals surface area contributed by atoms with E-state index in [2.05, 4.69) is 232 Å². The average molecular weight is 1850 g/mol. The number of fused-ring (bicyclic) bond motifs is 3. The van der Waals surface area contributed by atoms with E-state index in [1.54, 1.807) is 6.20 Å². The molecule has 0 N–H and O–H groups in total. The van der Waals surface area contributed by atoms with E-state index in [0.717, 1.165) is 62.8 Å². The maximum atomic E-state index is 4.41. The van der Waals surface area contributed by atoms with Crippen molar-refractivity contribution in [2.75, 3.05) is 43.5 Å². The molecule has 0 saturated heterocycles. The minimum Gasteiger partial charge on any atom is -0.502 e. The van der Waals surface area contributed by atoms with Gasteiger partial charge in [-0.15, -0.1) is 23.7 Å². The van der Waals surface area contributed by atoms with Gasteiger partial charge in [0.15, 0.2) is 0 Å². The van der Waals surface area contributed by atoms with E-state index in [1.165, 1.54) is 28.1 Å². The van der Waals surface area contributed by atoms with Gasteiger partial charge in [-0.05, 0) is 99.0 Å². The number of benzene rings is 8. The molecule has 0 fully saturated rings. The summed E-state index contributed by atoms with van der Waals surface area (Å²) >= 11 is 0. The number of aromatic nitrogens is 5. The van der Waals surface area contributed by atoms with Crippen molar-refractivity contribution in [2.24, 2.45) is 0 Å². The van der Waals surface area contributed by atoms with Crippen molar-refractivity contribution < 1.29 is 60.3 Å². The van der Waals surface area contributed by atoms with E-state index < -0.39 is 0 Å². The fraction of sp³-hybridized carbons (Fsp3) is 0.126. The van der Waals surface area contributed by atoms with Crippen LogP contribution < -0.4 is 29.4 Å². The molecule has 0 aliphatic carbocycles. The van der Waals surface area contributed by atoms with Crippen LogP contribution in [0.3, 0.4) is 0 Å². The Labute approximate surface area is 638 Å². The molecule has 5 aromatic heterocycles. The van der Waals surface area contributed by atoms with Gasteiger partial charge in [0.25, 0.3) is 0 Å². The first kappa shape index (κ1) is 77.0. The van der Waals surface area contributed by atoms with E-state index in [1.807, 2.05) is 238 Å². The van der Waals surface area contributed by atoms with Gasteiger partial charge in [-0.2, -0.15) is 212 Å². The molecule has 3 aliphatic heterocycles. The smallest absolute Gasteiger partial charge is 0.502 e. The van der Waals surface area contributed by atoms with Gasteiger partial charge in [0.05, 0.1) is 5.69 Å². The van der Waals surface area contributed by atoms with Crippen LogP contribution in [0.4, 0.5) is 57.1 Å². The number of nitrogens with zero attached hydrogens (tertiary/aromatic N) is 11. The molecule has 13 aromatic rings. The summed E-state index contributed by atoms with van der Waals surface area (Å²) in [6.07, 6.45) is 9.11. The molecular weight excluding hydrogens is 1780 g/mol. The van der Waals surface area contributed by atoms with Gasteiger partial charge in [0.2, 0.25) is 0 Å². The number of hydrogen-bond acceptors (Lipinski definition) is 11. The molecule has 0 saturated carbocycles. The van der Waals surface area contributed by atoms with Crippen molar-refractivity contribution in [1.82, 2.24) is 24.9 Å². The van der Waals surface area contributed by atoms with Crippen LogP contribution in [0.2, 0.25) is 0 Å². The minimum atomic E-state index is -0.0808. The Morgan fingerprint density at radius 3 is 0.990 bits per heavy atom. The van der Waals surface area contributed by atoms with Crippen LogP contribution in [-0.2, 0) is 76.6 Å². The van der Waals surface area contributed by atoms with Gasteiger partial charge in [0, 0.05) is 87.1 Å². The zero-order valence-electron chi connectivity index (χ0n) is 57.6. The van der Waals surface area contributed by atoms with Crippen LogP contribution in [0, 0.1) is 56.4 Å². The maximum Gasteiger partial charge on any atom is 3.00 e. The van der Waals surface area contributed by atoms with E-state index in [-0.39, 0.29) is 76.6 Å². The van der Waals surface area contributed by atoms with Crippen molar-refractivity contribution in [1.29, 1.82) is 0 Å². The fourth-order valence-electron chi connectivity index (χ4n) is 11.3. The van der Waals surface area contributed by atoms with Crippen LogP contribution >= 0.6 is 0 Å². The number of pyridine rings is 5. The second-order valence-corrected chi connectivity index (χ2v) is 24.7. The minimum absolute atomic E-state index is 0. The molecule has 0 atom stereocenters. The van der Waals surface area contributed by atoms with Gasteiger partial charge < -0.3 is 29.4 Å². The topological polar surface area (TPSA) is 83.9 Å². The third-order valence-corrected chi connectivity index (χ3v) is 16.9. The monoisotopic (exact) mass is 1860 g/mol. The first-order chi connectivity index (χ1) is 47.8. The summed E-state index contributed by atoms with van der Waals surface area (Å²) in [6, 6.07) is 112. The molecule has 11 nitrogen and oxygen atoms in total. The second-order valence-electron chi connectivity index (χ2n) is 24.7. The van der Waals surface area contributed by atoms with E-state index >= 15 is 0 Å². The van der Waals surface area contributed by atoms with Crippen LogP contribution in [0.25, 0.3) is 0 Å². The normalized spacial score (nSPS) is 12.3. The summed E-state index contributed by atoms with van der Waals surface area (Å²) in [5.41, 5.74) is 15.3. The van der Waals surface area contributed by atoms with Gasteiger partial charge in [0.1, 0.15) is 11.6 Å². The number of hydrogen-bond donors (Lipinski definition) is 0. The van der Waals surface area contributed by atoms with E-state index in [4.69, 9.17) is 0 Å². The van der Waals surface area contributed by atoms with Gasteiger partial charge in [-0.1, -0.05) is 90.1 Å². The summed E-state index contributed by atoms with van der Waals surface area (Å²) in [5.74, 6) is 1.92. The molecular formula is C87H78Ir3N11. The van der Waals surface area contributed by atoms with Crippen molar-refractivity contribution in [3.05, 3.63) is 400 Å². The van der Waals surface area contributed by atoms with Gasteiger partial charge in [-0.3, -0.25) is 15.0 Å². The standard InChI is InChI=1S/C19H14N2.3C14H14N.2C13H11N3.3Ir/c1-3-9-16(10-4-1)20-15-21(17-11-5-2-6-12-17)19-14-8-7-13-18(19)20;3*1-14(2,12-8-4-3-5-9-12)13-10-6-7-11-15-13;1-15-10-16(11-6-3-2-4-7-11)12-8-5-9-14-13(12)15;1-15-10-16(11-6-3-2-4-7-11)13-12(15)8-5-9-14-13;;;/h1-11,13-15H;3*3-8,10-11H,1-2H3;2*2-6,8-10H,1H3;;;/q-2;3*-1;2*-2;3*+3. The molecule has 0 bridgehead atoms. The first-order valence-corrected chi connectivity index (χ1v) is 32.6. The molecule has 0 spiro atoms. The Kier molecular flexibility index (Phi) is 28.3. The predicted octanol–water partition coefficient (Wildman–Crippen LogP) is 19.7. The molecule has 101 heavy (non-hydrogen) atoms.